The largest absolute Gasteiger partial charge is 0.463 e. The normalized spacial score (nSPS) is 12.9. The van der Waals surface area contributed by atoms with E-state index < -0.39 is 5.97 Å². The number of carbonyl (C=O) groups excluding carboxylic acids is 1. The van der Waals surface area contributed by atoms with Gasteiger partial charge in [-0.3, -0.25) is 0 Å². The molecule has 0 aromatic carbocycles. The second-order valence-corrected chi connectivity index (χ2v) is 5.41. The van der Waals surface area contributed by atoms with Crippen molar-refractivity contribution in [1.82, 2.24) is 9.97 Å². The van der Waals surface area contributed by atoms with Gasteiger partial charge >= 0.3 is 5.97 Å². The molecule has 1 rings (SSSR count). The maximum atomic E-state index is 11.3. The van der Waals surface area contributed by atoms with Gasteiger partial charge in [-0.05, 0) is 17.4 Å². The van der Waals surface area contributed by atoms with Crippen molar-refractivity contribution in [2.75, 3.05) is 19.0 Å². The highest BCUT2D eigenvalue weighted by atomic mass is 16.5. The number of aromatic nitrogens is 2. The lowest BCUT2D eigenvalue weighted by Crippen LogP contribution is -2.25. The third-order valence-corrected chi connectivity index (χ3v) is 3.09. The molecule has 0 bridgehead atoms. The van der Waals surface area contributed by atoms with Crippen molar-refractivity contribution in [3.05, 3.63) is 18.1 Å². The van der Waals surface area contributed by atoms with E-state index in [4.69, 9.17) is 0 Å². The van der Waals surface area contributed by atoms with Gasteiger partial charge in [-0.2, -0.15) is 0 Å². The van der Waals surface area contributed by atoms with Gasteiger partial charge < -0.3 is 10.1 Å². The Balaban J connectivity index is 2.66. The van der Waals surface area contributed by atoms with Crippen LogP contribution in [-0.4, -0.2) is 29.6 Å². The predicted octanol–water partition coefficient (Wildman–Crippen LogP) is 2.36. The number of methoxy groups -OCH3 is 1. The summed E-state index contributed by atoms with van der Waals surface area (Å²) in [4.78, 5) is 19.2. The number of ether oxygens (including phenoxy) is 1. The lowest BCUT2D eigenvalue weighted by Gasteiger charge is -2.27. The summed E-state index contributed by atoms with van der Waals surface area (Å²) in [7, 11) is 1.31. The van der Waals surface area contributed by atoms with Crippen molar-refractivity contribution in [3.8, 4) is 0 Å². The van der Waals surface area contributed by atoms with Gasteiger partial charge in [-0.25, -0.2) is 14.8 Å². The zero-order valence-corrected chi connectivity index (χ0v) is 11.7. The first-order chi connectivity index (χ1) is 8.34. The number of nitrogens with one attached hydrogen (secondary N) is 1. The highest BCUT2D eigenvalue weighted by Crippen LogP contribution is 2.25. The van der Waals surface area contributed by atoms with Crippen LogP contribution in [-0.2, 0) is 4.74 Å². The van der Waals surface area contributed by atoms with Crippen molar-refractivity contribution < 1.29 is 9.53 Å². The third kappa shape index (κ3) is 3.98. The number of rotatable bonds is 4. The van der Waals surface area contributed by atoms with Crippen LogP contribution in [0.1, 0.15) is 38.3 Å². The van der Waals surface area contributed by atoms with Gasteiger partial charge in [0.15, 0.2) is 0 Å². The van der Waals surface area contributed by atoms with Gasteiger partial charge in [-0.1, -0.05) is 27.7 Å². The molecule has 0 fully saturated rings. The number of hydrogen-bond acceptors (Lipinski definition) is 5. The molecule has 5 heteroatoms. The van der Waals surface area contributed by atoms with E-state index in [1.807, 2.05) is 0 Å². The van der Waals surface area contributed by atoms with E-state index in [0.29, 0.717) is 11.7 Å². The van der Waals surface area contributed by atoms with E-state index in [2.05, 4.69) is 47.7 Å². The van der Waals surface area contributed by atoms with Crippen LogP contribution < -0.4 is 5.32 Å². The molecule has 1 heterocycles. The molecule has 0 amide bonds. The summed E-state index contributed by atoms with van der Waals surface area (Å²) >= 11 is 0. The minimum Gasteiger partial charge on any atom is -0.463 e. The van der Waals surface area contributed by atoms with E-state index in [-0.39, 0.29) is 11.2 Å². The highest BCUT2D eigenvalue weighted by Gasteiger charge is 2.19. The Hall–Kier alpha value is -1.65. The Labute approximate surface area is 108 Å². The molecule has 1 atom stereocenters. The Morgan fingerprint density at radius 2 is 2.17 bits per heavy atom. The number of carbonyl (C=O) groups is 1. The van der Waals surface area contributed by atoms with Crippen LogP contribution in [0.15, 0.2) is 12.3 Å². The average Bonchev–Trinajstić information content (AvgIpc) is 2.34. The molecule has 1 aromatic rings. The lowest BCUT2D eigenvalue weighted by atomic mass is 9.82. The van der Waals surface area contributed by atoms with Crippen molar-refractivity contribution in [2.45, 2.75) is 27.7 Å². The van der Waals surface area contributed by atoms with Gasteiger partial charge in [0.25, 0.3) is 0 Å². The summed E-state index contributed by atoms with van der Waals surface area (Å²) in [5.41, 5.74) is 0.227. The van der Waals surface area contributed by atoms with Gasteiger partial charge in [0, 0.05) is 12.7 Å². The molecule has 5 nitrogen and oxygen atoms in total. The second-order valence-electron chi connectivity index (χ2n) is 5.41. The number of nitrogens with zero attached hydrogens (tertiary/aromatic N) is 2. The van der Waals surface area contributed by atoms with Crippen molar-refractivity contribution in [2.24, 2.45) is 11.3 Å². The zero-order chi connectivity index (χ0) is 13.8. The fraction of sp³-hybridized carbons (Fsp3) is 0.615. The highest BCUT2D eigenvalue weighted by molar-refractivity contribution is 5.85. The number of esters is 1. The molecule has 1 unspecified atom stereocenters. The van der Waals surface area contributed by atoms with E-state index in [1.165, 1.54) is 7.11 Å². The summed E-state index contributed by atoms with van der Waals surface area (Å²) in [6, 6.07) is 1.74. The van der Waals surface area contributed by atoms with Crippen LogP contribution in [0.3, 0.4) is 0 Å². The minimum atomic E-state index is -0.525. The topological polar surface area (TPSA) is 64.1 Å². The van der Waals surface area contributed by atoms with E-state index in [0.717, 1.165) is 6.54 Å². The van der Waals surface area contributed by atoms with Gasteiger partial charge in [0.2, 0.25) is 5.82 Å². The van der Waals surface area contributed by atoms with Crippen LogP contribution in [0.2, 0.25) is 0 Å². The van der Waals surface area contributed by atoms with Crippen molar-refractivity contribution >= 4 is 11.8 Å². The molecular formula is C13H21N3O2. The Morgan fingerprint density at radius 1 is 1.50 bits per heavy atom. The van der Waals surface area contributed by atoms with Gasteiger partial charge in [0.1, 0.15) is 5.82 Å². The molecular weight excluding hydrogens is 230 g/mol. The first-order valence-corrected chi connectivity index (χ1v) is 6.00. The summed E-state index contributed by atoms with van der Waals surface area (Å²) in [5, 5.41) is 3.21. The predicted molar refractivity (Wildman–Crippen MR) is 70.5 cm³/mol. The molecule has 0 saturated heterocycles. The van der Waals surface area contributed by atoms with Crippen LogP contribution in [0.5, 0.6) is 0 Å². The molecule has 0 saturated carbocycles. The fourth-order valence-electron chi connectivity index (χ4n) is 1.21. The SMILES string of the molecule is COC(=O)c1nccc(NCC(C)C(C)(C)C)n1. The maximum Gasteiger partial charge on any atom is 0.376 e. The molecule has 0 radical (unpaired) electrons. The van der Waals surface area contributed by atoms with E-state index >= 15 is 0 Å². The summed E-state index contributed by atoms with van der Waals surface area (Å²) < 4.78 is 4.58. The maximum absolute atomic E-state index is 11.3. The van der Waals surface area contributed by atoms with Gasteiger partial charge in [-0.15, -0.1) is 0 Å². The molecule has 0 spiro atoms. The Morgan fingerprint density at radius 3 is 2.72 bits per heavy atom. The Bertz CT molecular complexity index is 413. The molecule has 100 valence electrons. The molecule has 18 heavy (non-hydrogen) atoms. The summed E-state index contributed by atoms with van der Waals surface area (Å²) in [6.07, 6.45) is 1.54. The fourth-order valence-corrected chi connectivity index (χ4v) is 1.21. The van der Waals surface area contributed by atoms with Crippen LogP contribution in [0, 0.1) is 11.3 Å². The van der Waals surface area contributed by atoms with Crippen molar-refractivity contribution in [3.63, 3.8) is 0 Å². The van der Waals surface area contributed by atoms with Crippen LogP contribution in [0.25, 0.3) is 0 Å². The van der Waals surface area contributed by atoms with Gasteiger partial charge in [0.05, 0.1) is 7.11 Å². The number of hydrogen-bond donors (Lipinski definition) is 1. The summed E-state index contributed by atoms with van der Waals surface area (Å²) in [6.45, 7) is 9.55. The van der Waals surface area contributed by atoms with Crippen LogP contribution in [0.4, 0.5) is 5.82 Å². The quantitative estimate of drug-likeness (QED) is 0.832. The van der Waals surface area contributed by atoms with E-state index in [1.54, 1.807) is 12.3 Å². The average molecular weight is 251 g/mol. The zero-order valence-electron chi connectivity index (χ0n) is 11.7. The molecule has 1 N–H and O–H groups in total. The molecule has 0 aliphatic rings. The standard InChI is InChI=1S/C13H21N3O2/c1-9(13(2,3)4)8-15-10-6-7-14-11(16-10)12(17)18-5/h6-7,9H,8H2,1-5H3,(H,14,15,16). The molecule has 1 aromatic heterocycles. The second kappa shape index (κ2) is 5.80. The summed E-state index contributed by atoms with van der Waals surface area (Å²) in [5.74, 6) is 0.670. The first-order valence-electron chi connectivity index (χ1n) is 6.00. The van der Waals surface area contributed by atoms with Crippen molar-refractivity contribution in [1.29, 1.82) is 0 Å². The minimum absolute atomic E-state index is 0.0749. The molecule has 0 aliphatic carbocycles. The van der Waals surface area contributed by atoms with E-state index in [9.17, 15) is 4.79 Å². The van der Waals surface area contributed by atoms with Crippen LogP contribution >= 0.6 is 0 Å². The first kappa shape index (κ1) is 14.4. The Kier molecular flexibility index (Phi) is 4.64. The monoisotopic (exact) mass is 251 g/mol. The smallest absolute Gasteiger partial charge is 0.376 e. The lowest BCUT2D eigenvalue weighted by molar-refractivity contribution is 0.0587. The third-order valence-electron chi connectivity index (χ3n) is 3.09. The number of anilines is 1. The molecule has 0 aliphatic heterocycles.